The quantitative estimate of drug-likeness (QED) is 0.691. The van der Waals surface area contributed by atoms with E-state index in [4.69, 9.17) is 9.47 Å². The van der Waals surface area contributed by atoms with Crippen molar-refractivity contribution in [1.29, 1.82) is 0 Å². The minimum Gasteiger partial charge on any atom is -0.497 e. The fraction of sp³-hybridized carbons (Fsp3) is 0.421. The fourth-order valence-corrected chi connectivity index (χ4v) is 3.23. The molecule has 0 saturated carbocycles. The van der Waals surface area contributed by atoms with Crippen LogP contribution in [-0.2, 0) is 11.3 Å². The maximum Gasteiger partial charge on any atom is 0.226 e. The number of benzene rings is 1. The molecule has 8 heteroatoms. The van der Waals surface area contributed by atoms with Crippen molar-refractivity contribution >= 4 is 22.9 Å². The highest BCUT2D eigenvalue weighted by Gasteiger charge is 2.21. The van der Waals surface area contributed by atoms with Gasteiger partial charge in [0.15, 0.2) is 17.0 Å². The summed E-state index contributed by atoms with van der Waals surface area (Å²) in [5.74, 6) is 2.10. The van der Waals surface area contributed by atoms with E-state index in [0.29, 0.717) is 18.3 Å². The molecule has 1 atom stereocenters. The Kier molecular flexibility index (Phi) is 5.06. The number of ether oxygens (including phenoxy) is 2. The van der Waals surface area contributed by atoms with Crippen LogP contribution in [0, 0.1) is 0 Å². The molecule has 8 nitrogen and oxygen atoms in total. The molecule has 27 heavy (non-hydrogen) atoms. The van der Waals surface area contributed by atoms with E-state index in [0.717, 1.165) is 48.3 Å². The number of aromatic nitrogens is 4. The number of methoxy groups -OCH3 is 1. The molecule has 0 aliphatic carbocycles. The molecule has 1 unspecified atom stereocenters. The predicted octanol–water partition coefficient (Wildman–Crippen LogP) is 3.19. The Balaban J connectivity index is 1.61. The summed E-state index contributed by atoms with van der Waals surface area (Å²) in [5.41, 5.74) is 2.65. The molecule has 3 aromatic rings. The van der Waals surface area contributed by atoms with Gasteiger partial charge in [0.05, 0.1) is 13.4 Å². The second kappa shape index (κ2) is 7.79. The third-order valence-electron chi connectivity index (χ3n) is 4.73. The summed E-state index contributed by atoms with van der Waals surface area (Å²) >= 11 is 0. The average molecular weight is 368 g/mol. The van der Waals surface area contributed by atoms with Gasteiger partial charge in [0.25, 0.3) is 0 Å². The minimum atomic E-state index is -0.0159. The van der Waals surface area contributed by atoms with E-state index in [2.05, 4.69) is 25.6 Å². The van der Waals surface area contributed by atoms with Crippen LogP contribution in [0.15, 0.2) is 30.6 Å². The van der Waals surface area contributed by atoms with Crippen LogP contribution in [-0.4, -0.2) is 40.3 Å². The van der Waals surface area contributed by atoms with Crippen LogP contribution in [0.5, 0.6) is 5.75 Å². The van der Waals surface area contributed by atoms with Crippen LogP contribution in [0.3, 0.4) is 0 Å². The number of nitrogens with one attached hydrogen (secondary N) is 2. The number of hydrogen-bond acceptors (Lipinski definition) is 7. The molecule has 0 spiro atoms. The van der Waals surface area contributed by atoms with Crippen LogP contribution < -0.4 is 15.4 Å². The van der Waals surface area contributed by atoms with E-state index in [9.17, 15) is 0 Å². The number of nitrogens with zero attached hydrogens (tertiary/aromatic N) is 4. The molecule has 1 fully saturated rings. The zero-order valence-electron chi connectivity index (χ0n) is 15.6. The van der Waals surface area contributed by atoms with Gasteiger partial charge in [-0.2, -0.15) is 9.97 Å². The molecular weight excluding hydrogens is 344 g/mol. The van der Waals surface area contributed by atoms with Crippen LogP contribution in [0.1, 0.15) is 31.1 Å². The van der Waals surface area contributed by atoms with Crippen LogP contribution in [0.4, 0.5) is 11.8 Å². The van der Waals surface area contributed by atoms with Gasteiger partial charge >= 0.3 is 0 Å². The Morgan fingerprint density at radius 3 is 2.78 bits per heavy atom. The highest BCUT2D eigenvalue weighted by molar-refractivity contribution is 5.84. The van der Waals surface area contributed by atoms with Gasteiger partial charge in [0.1, 0.15) is 12.0 Å². The number of fused-ring (bicyclic) bond motifs is 1. The first-order chi connectivity index (χ1) is 13.3. The van der Waals surface area contributed by atoms with E-state index in [1.54, 1.807) is 13.4 Å². The molecule has 1 aliphatic heterocycles. The molecule has 1 saturated heterocycles. The predicted molar refractivity (Wildman–Crippen MR) is 104 cm³/mol. The Hall–Kier alpha value is -2.87. The maximum atomic E-state index is 5.90. The van der Waals surface area contributed by atoms with E-state index >= 15 is 0 Å². The van der Waals surface area contributed by atoms with Crippen LogP contribution in [0.25, 0.3) is 11.2 Å². The van der Waals surface area contributed by atoms with Gasteiger partial charge < -0.3 is 20.1 Å². The molecule has 1 aliphatic rings. The molecule has 142 valence electrons. The monoisotopic (exact) mass is 368 g/mol. The molecular formula is C19H24N6O2. The number of anilines is 2. The molecule has 2 aromatic heterocycles. The summed E-state index contributed by atoms with van der Waals surface area (Å²) in [6.07, 6.45) is 5.01. The van der Waals surface area contributed by atoms with Gasteiger partial charge in [-0.1, -0.05) is 12.1 Å². The second-order valence-electron chi connectivity index (χ2n) is 6.49. The molecule has 3 heterocycles. The lowest BCUT2D eigenvalue weighted by Gasteiger charge is -2.23. The van der Waals surface area contributed by atoms with Crippen molar-refractivity contribution in [2.45, 2.75) is 32.0 Å². The van der Waals surface area contributed by atoms with E-state index in [-0.39, 0.29) is 6.23 Å². The standard InChI is InChI=1S/C19H24N6O2/c1-20-19-23-17(21-11-13-6-8-14(26-2)9-7-13)16-18(24-19)25(12-22-16)15-5-3-4-10-27-15/h6-9,12,15H,3-5,10-11H2,1-2H3,(H2,20,21,23,24). The van der Waals surface area contributed by atoms with Crippen LogP contribution in [0.2, 0.25) is 0 Å². The number of imidazole rings is 1. The van der Waals surface area contributed by atoms with Gasteiger partial charge in [0, 0.05) is 20.2 Å². The zero-order valence-corrected chi connectivity index (χ0v) is 15.6. The van der Waals surface area contributed by atoms with E-state index in [1.165, 1.54) is 0 Å². The van der Waals surface area contributed by atoms with Crippen molar-refractivity contribution in [1.82, 2.24) is 19.5 Å². The summed E-state index contributed by atoms with van der Waals surface area (Å²) in [6, 6.07) is 7.94. The second-order valence-corrected chi connectivity index (χ2v) is 6.49. The van der Waals surface area contributed by atoms with E-state index in [1.807, 2.05) is 35.9 Å². The van der Waals surface area contributed by atoms with Gasteiger partial charge in [-0.25, -0.2) is 4.98 Å². The lowest BCUT2D eigenvalue weighted by molar-refractivity contribution is -0.0298. The maximum absolute atomic E-state index is 5.90. The Morgan fingerprint density at radius 2 is 2.07 bits per heavy atom. The molecule has 1 aromatic carbocycles. The number of hydrogen-bond donors (Lipinski definition) is 2. The molecule has 0 radical (unpaired) electrons. The van der Waals surface area contributed by atoms with Gasteiger partial charge in [-0.15, -0.1) is 0 Å². The SMILES string of the molecule is CNc1nc(NCc2ccc(OC)cc2)c2ncn(C3CCCCO3)c2n1. The number of rotatable bonds is 6. The summed E-state index contributed by atoms with van der Waals surface area (Å²) in [5, 5.41) is 6.42. The lowest BCUT2D eigenvalue weighted by Crippen LogP contribution is -2.18. The molecule has 4 rings (SSSR count). The molecule has 0 amide bonds. The molecule has 0 bridgehead atoms. The third-order valence-corrected chi connectivity index (χ3v) is 4.73. The lowest BCUT2D eigenvalue weighted by atomic mass is 10.2. The van der Waals surface area contributed by atoms with Crippen molar-refractivity contribution in [3.05, 3.63) is 36.2 Å². The largest absolute Gasteiger partial charge is 0.497 e. The minimum absolute atomic E-state index is 0.0159. The zero-order chi connectivity index (χ0) is 18.6. The van der Waals surface area contributed by atoms with Crippen LogP contribution >= 0.6 is 0 Å². The van der Waals surface area contributed by atoms with Crippen molar-refractivity contribution in [2.24, 2.45) is 0 Å². The van der Waals surface area contributed by atoms with Crippen molar-refractivity contribution in [2.75, 3.05) is 31.4 Å². The summed E-state index contributed by atoms with van der Waals surface area (Å²) in [7, 11) is 3.47. The van der Waals surface area contributed by atoms with Gasteiger partial charge in [0.2, 0.25) is 5.95 Å². The summed E-state index contributed by atoms with van der Waals surface area (Å²) < 4.78 is 13.1. The average Bonchev–Trinajstić information content (AvgIpc) is 3.17. The summed E-state index contributed by atoms with van der Waals surface area (Å²) in [4.78, 5) is 13.7. The third kappa shape index (κ3) is 3.66. The molecule has 2 N–H and O–H groups in total. The van der Waals surface area contributed by atoms with Gasteiger partial charge in [-0.3, -0.25) is 4.57 Å². The Labute approximate surface area is 157 Å². The topological polar surface area (TPSA) is 86.1 Å². The first-order valence-electron chi connectivity index (χ1n) is 9.19. The van der Waals surface area contributed by atoms with E-state index < -0.39 is 0 Å². The first-order valence-corrected chi connectivity index (χ1v) is 9.19. The highest BCUT2D eigenvalue weighted by Crippen LogP contribution is 2.28. The highest BCUT2D eigenvalue weighted by atomic mass is 16.5. The normalized spacial score (nSPS) is 17.0. The van der Waals surface area contributed by atoms with Crippen molar-refractivity contribution in [3.63, 3.8) is 0 Å². The summed E-state index contributed by atoms with van der Waals surface area (Å²) in [6.45, 7) is 1.41. The Bertz CT molecular complexity index is 902. The smallest absolute Gasteiger partial charge is 0.226 e. The van der Waals surface area contributed by atoms with Gasteiger partial charge in [-0.05, 0) is 37.0 Å². The fourth-order valence-electron chi connectivity index (χ4n) is 3.23. The first kappa shape index (κ1) is 17.5. The van der Waals surface area contributed by atoms with Crippen molar-refractivity contribution in [3.8, 4) is 5.75 Å². The van der Waals surface area contributed by atoms with Crippen molar-refractivity contribution < 1.29 is 9.47 Å². The Morgan fingerprint density at radius 1 is 1.22 bits per heavy atom.